The van der Waals surface area contributed by atoms with Crippen LogP contribution in [0.2, 0.25) is 5.02 Å². The molecule has 0 heterocycles. The molecule has 0 spiro atoms. The molecule has 5 heteroatoms. The number of benzene rings is 1. The van der Waals surface area contributed by atoms with Crippen LogP contribution >= 0.6 is 11.6 Å². The van der Waals surface area contributed by atoms with Gasteiger partial charge < -0.3 is 15.4 Å². The number of rotatable bonds is 6. The standard InChI is InChI=1S/C12H15ClN2O2/c1-2-7-14-12(16)15-8-9-17-11-6-4-3-5-10(11)13/h2-6H,1,7-9H2,(H2,14,15,16). The number of carbonyl (C=O) groups excluding carboxylic acids is 1. The Balaban J connectivity index is 2.18. The molecule has 0 unspecified atom stereocenters. The van der Waals surface area contributed by atoms with Crippen LogP contribution in [0.15, 0.2) is 36.9 Å². The van der Waals surface area contributed by atoms with Crippen LogP contribution in [0.4, 0.5) is 4.79 Å². The van der Waals surface area contributed by atoms with E-state index in [0.29, 0.717) is 30.5 Å². The lowest BCUT2D eigenvalue weighted by atomic mass is 10.3. The first-order chi connectivity index (χ1) is 8.24. The second-order valence-electron chi connectivity index (χ2n) is 3.20. The van der Waals surface area contributed by atoms with Crippen LogP contribution in [0, 0.1) is 0 Å². The summed E-state index contributed by atoms with van der Waals surface area (Å²) in [5, 5.41) is 5.79. The van der Waals surface area contributed by atoms with Crippen molar-refractivity contribution < 1.29 is 9.53 Å². The Morgan fingerprint density at radius 2 is 2.18 bits per heavy atom. The summed E-state index contributed by atoms with van der Waals surface area (Å²) in [5.74, 6) is 0.613. The van der Waals surface area contributed by atoms with E-state index in [0.717, 1.165) is 0 Å². The van der Waals surface area contributed by atoms with E-state index in [-0.39, 0.29) is 6.03 Å². The van der Waals surface area contributed by atoms with Crippen molar-refractivity contribution >= 4 is 17.6 Å². The van der Waals surface area contributed by atoms with Gasteiger partial charge in [-0.3, -0.25) is 0 Å². The smallest absolute Gasteiger partial charge is 0.315 e. The summed E-state index contributed by atoms with van der Waals surface area (Å²) in [6.45, 7) is 4.72. The third-order valence-corrected chi connectivity index (χ3v) is 2.20. The van der Waals surface area contributed by atoms with Crippen LogP contribution in [0.5, 0.6) is 5.75 Å². The number of urea groups is 1. The number of hydrogen-bond donors (Lipinski definition) is 2. The minimum absolute atomic E-state index is 0.243. The fourth-order valence-corrected chi connectivity index (χ4v) is 1.30. The lowest BCUT2D eigenvalue weighted by molar-refractivity contribution is 0.237. The van der Waals surface area contributed by atoms with E-state index in [1.165, 1.54) is 0 Å². The van der Waals surface area contributed by atoms with Gasteiger partial charge in [0.1, 0.15) is 12.4 Å². The number of halogens is 1. The quantitative estimate of drug-likeness (QED) is 0.604. The van der Waals surface area contributed by atoms with Gasteiger partial charge in [0.05, 0.1) is 11.6 Å². The molecule has 92 valence electrons. The molecule has 0 radical (unpaired) electrons. The number of carbonyl (C=O) groups is 1. The van der Waals surface area contributed by atoms with Gasteiger partial charge in [-0.05, 0) is 12.1 Å². The average molecular weight is 255 g/mol. The zero-order valence-corrected chi connectivity index (χ0v) is 10.2. The molecule has 0 aliphatic carbocycles. The van der Waals surface area contributed by atoms with Crippen molar-refractivity contribution in [3.05, 3.63) is 41.9 Å². The zero-order chi connectivity index (χ0) is 12.5. The molecular formula is C12H15ClN2O2. The highest BCUT2D eigenvalue weighted by Crippen LogP contribution is 2.22. The fourth-order valence-electron chi connectivity index (χ4n) is 1.11. The van der Waals surface area contributed by atoms with Gasteiger partial charge in [0.2, 0.25) is 0 Å². The van der Waals surface area contributed by atoms with Crippen LogP contribution < -0.4 is 15.4 Å². The van der Waals surface area contributed by atoms with E-state index in [1.54, 1.807) is 18.2 Å². The minimum atomic E-state index is -0.243. The van der Waals surface area contributed by atoms with E-state index in [1.807, 2.05) is 12.1 Å². The largest absolute Gasteiger partial charge is 0.490 e. The van der Waals surface area contributed by atoms with Crippen molar-refractivity contribution in [3.8, 4) is 5.75 Å². The maximum absolute atomic E-state index is 11.1. The van der Waals surface area contributed by atoms with E-state index in [2.05, 4.69) is 17.2 Å². The van der Waals surface area contributed by atoms with Gasteiger partial charge in [0.15, 0.2) is 0 Å². The van der Waals surface area contributed by atoms with Crippen molar-refractivity contribution in [2.75, 3.05) is 19.7 Å². The molecule has 0 aromatic heterocycles. The normalized spacial score (nSPS) is 9.47. The van der Waals surface area contributed by atoms with Crippen LogP contribution in [-0.2, 0) is 0 Å². The molecule has 4 nitrogen and oxygen atoms in total. The maximum atomic E-state index is 11.1. The summed E-state index contributed by atoms with van der Waals surface area (Å²) in [5.41, 5.74) is 0. The Morgan fingerprint density at radius 3 is 2.88 bits per heavy atom. The van der Waals surface area contributed by atoms with Crippen molar-refractivity contribution in [1.29, 1.82) is 0 Å². The van der Waals surface area contributed by atoms with Gasteiger partial charge in [-0.2, -0.15) is 0 Å². The first-order valence-corrected chi connectivity index (χ1v) is 5.61. The molecule has 0 atom stereocenters. The molecule has 2 N–H and O–H groups in total. The van der Waals surface area contributed by atoms with Gasteiger partial charge in [-0.15, -0.1) is 6.58 Å². The molecule has 0 aliphatic rings. The Hall–Kier alpha value is -1.68. The maximum Gasteiger partial charge on any atom is 0.315 e. The molecular weight excluding hydrogens is 240 g/mol. The summed E-state index contributed by atoms with van der Waals surface area (Å²) < 4.78 is 5.40. The van der Waals surface area contributed by atoms with Crippen LogP contribution in [-0.4, -0.2) is 25.7 Å². The Bertz CT molecular complexity index is 383. The molecule has 0 saturated carbocycles. The van der Waals surface area contributed by atoms with Gasteiger partial charge in [-0.1, -0.05) is 29.8 Å². The number of amides is 2. The monoisotopic (exact) mass is 254 g/mol. The highest BCUT2D eigenvalue weighted by atomic mass is 35.5. The van der Waals surface area contributed by atoms with Crippen LogP contribution in [0.1, 0.15) is 0 Å². The highest BCUT2D eigenvalue weighted by Gasteiger charge is 2.00. The lowest BCUT2D eigenvalue weighted by Crippen LogP contribution is -2.37. The first-order valence-electron chi connectivity index (χ1n) is 5.24. The summed E-state index contributed by atoms with van der Waals surface area (Å²) in [4.78, 5) is 11.1. The molecule has 0 saturated heterocycles. The van der Waals surface area contributed by atoms with Crippen molar-refractivity contribution in [3.63, 3.8) is 0 Å². The Kier molecular flexibility index (Phi) is 5.96. The van der Waals surface area contributed by atoms with E-state index in [4.69, 9.17) is 16.3 Å². The summed E-state index contributed by atoms with van der Waals surface area (Å²) >= 11 is 5.90. The van der Waals surface area contributed by atoms with Gasteiger partial charge in [0, 0.05) is 6.54 Å². The number of nitrogens with one attached hydrogen (secondary N) is 2. The van der Waals surface area contributed by atoms with Crippen LogP contribution in [0.3, 0.4) is 0 Å². The first kappa shape index (κ1) is 13.4. The highest BCUT2D eigenvalue weighted by molar-refractivity contribution is 6.32. The summed E-state index contributed by atoms with van der Waals surface area (Å²) in [7, 11) is 0. The van der Waals surface area contributed by atoms with E-state index >= 15 is 0 Å². The van der Waals surface area contributed by atoms with Gasteiger partial charge >= 0.3 is 6.03 Å². The molecule has 1 aromatic carbocycles. The number of hydrogen-bond acceptors (Lipinski definition) is 2. The molecule has 2 amide bonds. The minimum Gasteiger partial charge on any atom is -0.490 e. The summed E-state index contributed by atoms with van der Waals surface area (Å²) in [6.07, 6.45) is 1.61. The van der Waals surface area contributed by atoms with Crippen molar-refractivity contribution in [2.24, 2.45) is 0 Å². The zero-order valence-electron chi connectivity index (χ0n) is 9.41. The predicted molar refractivity (Wildman–Crippen MR) is 68.5 cm³/mol. The molecule has 0 aliphatic heterocycles. The van der Waals surface area contributed by atoms with Gasteiger partial charge in [-0.25, -0.2) is 4.79 Å². The number of para-hydroxylation sites is 1. The van der Waals surface area contributed by atoms with Crippen molar-refractivity contribution in [1.82, 2.24) is 10.6 Å². The molecule has 1 aromatic rings. The SMILES string of the molecule is C=CCNC(=O)NCCOc1ccccc1Cl. The third kappa shape index (κ3) is 5.26. The predicted octanol–water partition coefficient (Wildman–Crippen LogP) is 2.20. The molecule has 1 rings (SSSR count). The topological polar surface area (TPSA) is 50.4 Å². The van der Waals surface area contributed by atoms with E-state index < -0.39 is 0 Å². The third-order valence-electron chi connectivity index (χ3n) is 1.89. The second kappa shape index (κ2) is 7.57. The van der Waals surface area contributed by atoms with Crippen LogP contribution in [0.25, 0.3) is 0 Å². The number of ether oxygens (including phenoxy) is 1. The van der Waals surface area contributed by atoms with Crippen molar-refractivity contribution in [2.45, 2.75) is 0 Å². The second-order valence-corrected chi connectivity index (χ2v) is 3.61. The Labute approximate surface area is 106 Å². The average Bonchev–Trinajstić information content (AvgIpc) is 2.34. The molecule has 0 fully saturated rings. The van der Waals surface area contributed by atoms with E-state index in [9.17, 15) is 4.79 Å². The molecule has 17 heavy (non-hydrogen) atoms. The van der Waals surface area contributed by atoms with Gasteiger partial charge in [0.25, 0.3) is 0 Å². The Morgan fingerprint density at radius 1 is 1.41 bits per heavy atom. The molecule has 0 bridgehead atoms. The summed E-state index contributed by atoms with van der Waals surface area (Å²) in [6, 6.07) is 6.95. The fraction of sp³-hybridized carbons (Fsp3) is 0.250. The lowest BCUT2D eigenvalue weighted by Gasteiger charge is -2.09.